The van der Waals surface area contributed by atoms with Crippen LogP contribution in [0, 0.1) is 5.82 Å². The Labute approximate surface area is 194 Å². The molecule has 0 saturated carbocycles. The highest BCUT2D eigenvalue weighted by atomic mass is 35.5. The summed E-state index contributed by atoms with van der Waals surface area (Å²) in [7, 11) is 1.63. The van der Waals surface area contributed by atoms with Crippen molar-refractivity contribution in [1.29, 1.82) is 0 Å². The summed E-state index contributed by atoms with van der Waals surface area (Å²) in [5.41, 5.74) is 4.46. The maximum Gasteiger partial charge on any atom is 0.226 e. The van der Waals surface area contributed by atoms with Gasteiger partial charge in [-0.3, -0.25) is 0 Å². The van der Waals surface area contributed by atoms with Gasteiger partial charge in [0.15, 0.2) is 0 Å². The van der Waals surface area contributed by atoms with E-state index in [4.69, 9.17) is 21.1 Å². The zero-order valence-electron chi connectivity index (χ0n) is 17.5. The van der Waals surface area contributed by atoms with Crippen molar-refractivity contribution >= 4 is 23.2 Å². The number of nitrogens with one attached hydrogen (secondary N) is 1. The predicted molar refractivity (Wildman–Crippen MR) is 123 cm³/mol. The molecule has 2 aliphatic rings. The highest BCUT2D eigenvalue weighted by Crippen LogP contribution is 2.51. The van der Waals surface area contributed by atoms with Crippen LogP contribution in [0.2, 0.25) is 5.02 Å². The second-order valence-corrected chi connectivity index (χ2v) is 8.29. The van der Waals surface area contributed by atoms with E-state index in [9.17, 15) is 4.39 Å². The number of rotatable bonds is 3. The van der Waals surface area contributed by atoms with Gasteiger partial charge in [-0.15, -0.1) is 0 Å². The maximum absolute atomic E-state index is 13.8. The lowest BCUT2D eigenvalue weighted by molar-refractivity contribution is 0.222. The SMILES string of the molecule is COc1ccc2c(c1)C1=C(C(c3ccc(Cl)cc3)O2)C(c2ccc(F)cc2)n2ncnc2N1. The first-order valence-electron chi connectivity index (χ1n) is 10.4. The molecule has 1 N–H and O–H groups in total. The van der Waals surface area contributed by atoms with Crippen molar-refractivity contribution in [2.45, 2.75) is 12.1 Å². The van der Waals surface area contributed by atoms with Gasteiger partial charge in [0.1, 0.15) is 35.8 Å². The quantitative estimate of drug-likeness (QED) is 0.428. The van der Waals surface area contributed by atoms with Crippen LogP contribution in [-0.2, 0) is 0 Å². The molecule has 2 unspecified atom stereocenters. The van der Waals surface area contributed by atoms with Crippen LogP contribution in [0.5, 0.6) is 11.5 Å². The van der Waals surface area contributed by atoms with E-state index in [1.165, 1.54) is 18.5 Å². The van der Waals surface area contributed by atoms with Gasteiger partial charge in [0.2, 0.25) is 5.95 Å². The van der Waals surface area contributed by atoms with Gasteiger partial charge in [-0.2, -0.15) is 10.1 Å². The summed E-state index contributed by atoms with van der Waals surface area (Å²) in [4.78, 5) is 4.41. The van der Waals surface area contributed by atoms with Gasteiger partial charge in [-0.25, -0.2) is 9.07 Å². The number of hydrogen-bond donors (Lipinski definition) is 1. The van der Waals surface area contributed by atoms with Crippen LogP contribution >= 0.6 is 11.6 Å². The summed E-state index contributed by atoms with van der Waals surface area (Å²) in [6, 6.07) is 19.3. The zero-order chi connectivity index (χ0) is 22.5. The summed E-state index contributed by atoms with van der Waals surface area (Å²) in [6.45, 7) is 0. The number of halogens is 2. The van der Waals surface area contributed by atoms with Crippen LogP contribution < -0.4 is 14.8 Å². The van der Waals surface area contributed by atoms with Gasteiger partial charge in [-0.1, -0.05) is 35.9 Å². The van der Waals surface area contributed by atoms with Crippen molar-refractivity contribution < 1.29 is 13.9 Å². The molecular formula is C25H18ClFN4O2. The first-order valence-corrected chi connectivity index (χ1v) is 10.8. The van der Waals surface area contributed by atoms with Crippen molar-refractivity contribution in [3.05, 3.63) is 106 Å². The fraction of sp³-hybridized carbons (Fsp3) is 0.120. The Morgan fingerprint density at radius 1 is 1.03 bits per heavy atom. The fourth-order valence-corrected chi connectivity index (χ4v) is 4.58. The van der Waals surface area contributed by atoms with Gasteiger partial charge in [0, 0.05) is 16.2 Å². The molecule has 0 aliphatic carbocycles. The number of hydrogen-bond acceptors (Lipinski definition) is 5. The average Bonchev–Trinajstić information content (AvgIpc) is 3.31. The molecule has 2 atom stereocenters. The molecule has 2 aliphatic heterocycles. The first-order chi connectivity index (χ1) is 16.1. The van der Waals surface area contributed by atoms with Crippen LogP contribution in [0.4, 0.5) is 10.3 Å². The Bertz CT molecular complexity index is 1380. The molecule has 3 heterocycles. The van der Waals surface area contributed by atoms with Gasteiger partial charge in [0.05, 0.1) is 12.8 Å². The third kappa shape index (κ3) is 3.24. The number of nitrogens with zero attached hydrogens (tertiary/aromatic N) is 3. The smallest absolute Gasteiger partial charge is 0.226 e. The number of anilines is 1. The largest absolute Gasteiger partial charge is 0.497 e. The minimum atomic E-state index is -0.432. The highest BCUT2D eigenvalue weighted by Gasteiger charge is 2.41. The van der Waals surface area contributed by atoms with Crippen LogP contribution in [0.25, 0.3) is 5.70 Å². The molecular weight excluding hydrogens is 443 g/mol. The average molecular weight is 461 g/mol. The summed E-state index contributed by atoms with van der Waals surface area (Å²) >= 11 is 6.16. The van der Waals surface area contributed by atoms with Crippen molar-refractivity contribution in [2.24, 2.45) is 0 Å². The Morgan fingerprint density at radius 3 is 2.55 bits per heavy atom. The van der Waals surface area contributed by atoms with Gasteiger partial charge < -0.3 is 14.8 Å². The van der Waals surface area contributed by atoms with Crippen molar-refractivity contribution in [3.8, 4) is 11.5 Å². The zero-order valence-corrected chi connectivity index (χ0v) is 18.3. The van der Waals surface area contributed by atoms with E-state index in [0.29, 0.717) is 22.5 Å². The second-order valence-electron chi connectivity index (χ2n) is 7.85. The second kappa shape index (κ2) is 7.64. The third-order valence-corrected chi connectivity index (χ3v) is 6.23. The van der Waals surface area contributed by atoms with Crippen LogP contribution in [0.3, 0.4) is 0 Å². The van der Waals surface area contributed by atoms with E-state index in [2.05, 4.69) is 15.4 Å². The summed E-state index contributed by atoms with van der Waals surface area (Å²) in [5, 5.41) is 8.56. The molecule has 0 bridgehead atoms. The molecule has 6 nitrogen and oxygen atoms in total. The standard InChI is InChI=1S/C25H18ClFN4O2/c1-32-18-10-11-20-19(12-18)22-21(24(33-20)15-2-6-16(26)7-3-15)23(14-4-8-17(27)9-5-14)31-25(30-22)28-13-29-31/h2-13,23-24H,1H3,(H,28,29,30). The first kappa shape index (κ1) is 19.8. The minimum Gasteiger partial charge on any atom is -0.497 e. The molecule has 0 fully saturated rings. The topological polar surface area (TPSA) is 61.2 Å². The molecule has 8 heteroatoms. The summed E-state index contributed by atoms with van der Waals surface area (Å²) < 4.78 is 27.6. The van der Waals surface area contributed by atoms with Crippen molar-refractivity contribution in [2.75, 3.05) is 12.4 Å². The van der Waals surface area contributed by atoms with E-state index >= 15 is 0 Å². The van der Waals surface area contributed by atoms with Crippen molar-refractivity contribution in [1.82, 2.24) is 14.8 Å². The van der Waals surface area contributed by atoms with E-state index in [1.54, 1.807) is 23.9 Å². The van der Waals surface area contributed by atoms with Crippen LogP contribution in [-0.4, -0.2) is 21.9 Å². The number of methoxy groups -OCH3 is 1. The third-order valence-electron chi connectivity index (χ3n) is 5.98. The molecule has 4 aromatic rings. The number of aromatic nitrogens is 3. The molecule has 0 radical (unpaired) electrons. The Balaban J connectivity index is 1.62. The molecule has 0 saturated heterocycles. The Morgan fingerprint density at radius 2 is 1.79 bits per heavy atom. The molecule has 1 aromatic heterocycles. The molecule has 0 spiro atoms. The van der Waals surface area contributed by atoms with Gasteiger partial charge >= 0.3 is 0 Å². The predicted octanol–water partition coefficient (Wildman–Crippen LogP) is 5.64. The molecule has 33 heavy (non-hydrogen) atoms. The fourth-order valence-electron chi connectivity index (χ4n) is 4.45. The summed E-state index contributed by atoms with van der Waals surface area (Å²) in [5.74, 6) is 1.72. The van der Waals surface area contributed by atoms with Gasteiger partial charge in [-0.05, 0) is 53.6 Å². The molecule has 6 rings (SSSR count). The number of fused-ring (bicyclic) bond motifs is 3. The lowest BCUT2D eigenvalue weighted by Crippen LogP contribution is -2.32. The monoisotopic (exact) mass is 460 g/mol. The maximum atomic E-state index is 13.8. The molecule has 3 aromatic carbocycles. The van der Waals surface area contributed by atoms with E-state index in [0.717, 1.165) is 28.0 Å². The van der Waals surface area contributed by atoms with Gasteiger partial charge in [0.25, 0.3) is 0 Å². The van der Waals surface area contributed by atoms with Crippen LogP contribution in [0.1, 0.15) is 28.8 Å². The number of benzene rings is 3. The number of ether oxygens (including phenoxy) is 2. The van der Waals surface area contributed by atoms with Crippen LogP contribution in [0.15, 0.2) is 78.6 Å². The van der Waals surface area contributed by atoms with E-state index < -0.39 is 6.10 Å². The lowest BCUT2D eigenvalue weighted by Gasteiger charge is -2.39. The van der Waals surface area contributed by atoms with Crippen molar-refractivity contribution in [3.63, 3.8) is 0 Å². The highest BCUT2D eigenvalue weighted by molar-refractivity contribution is 6.30. The molecule has 164 valence electrons. The minimum absolute atomic E-state index is 0.301. The van der Waals surface area contributed by atoms with E-state index in [-0.39, 0.29) is 11.9 Å². The lowest BCUT2D eigenvalue weighted by atomic mass is 9.84. The molecule has 0 amide bonds. The summed E-state index contributed by atoms with van der Waals surface area (Å²) in [6.07, 6.45) is 1.07. The Kier molecular flexibility index (Phi) is 4.58. The Hall–Kier alpha value is -3.84. The normalized spacial score (nSPS) is 18.5. The van der Waals surface area contributed by atoms with E-state index in [1.807, 2.05) is 42.5 Å².